The Kier molecular flexibility index (Phi) is 7.14. The zero-order valence-electron chi connectivity index (χ0n) is 12.0. The normalized spacial score (nSPS) is 29.8. The van der Waals surface area contributed by atoms with Crippen LogP contribution in [-0.4, -0.2) is 19.3 Å². The molecule has 0 heterocycles. The van der Waals surface area contributed by atoms with Gasteiger partial charge in [-0.05, 0) is 49.9 Å². The van der Waals surface area contributed by atoms with Gasteiger partial charge in [-0.2, -0.15) is 0 Å². The SMILES string of the molecule is CCCCOCCC1CC(C(C)C)CCC1N. The summed E-state index contributed by atoms with van der Waals surface area (Å²) in [6.07, 6.45) is 7.42. The topological polar surface area (TPSA) is 35.2 Å². The Labute approximate surface area is 107 Å². The molecule has 1 aliphatic carbocycles. The Morgan fingerprint density at radius 1 is 1.24 bits per heavy atom. The van der Waals surface area contributed by atoms with Crippen molar-refractivity contribution in [2.45, 2.75) is 65.3 Å². The van der Waals surface area contributed by atoms with Crippen molar-refractivity contribution in [2.75, 3.05) is 13.2 Å². The van der Waals surface area contributed by atoms with Crippen molar-refractivity contribution < 1.29 is 4.74 Å². The van der Waals surface area contributed by atoms with Crippen LogP contribution in [-0.2, 0) is 4.74 Å². The summed E-state index contributed by atoms with van der Waals surface area (Å²) in [6.45, 7) is 8.72. The smallest absolute Gasteiger partial charge is 0.0469 e. The molecule has 0 bridgehead atoms. The van der Waals surface area contributed by atoms with Crippen molar-refractivity contribution in [2.24, 2.45) is 23.5 Å². The first-order valence-corrected chi connectivity index (χ1v) is 7.48. The molecule has 0 aromatic heterocycles. The van der Waals surface area contributed by atoms with Crippen molar-refractivity contribution in [1.29, 1.82) is 0 Å². The van der Waals surface area contributed by atoms with Gasteiger partial charge in [0, 0.05) is 19.3 Å². The molecule has 3 unspecified atom stereocenters. The predicted octanol–water partition coefficient (Wildman–Crippen LogP) is 3.59. The molecule has 1 rings (SSSR count). The van der Waals surface area contributed by atoms with Crippen LogP contribution in [0.15, 0.2) is 0 Å². The summed E-state index contributed by atoms with van der Waals surface area (Å²) >= 11 is 0. The second kappa shape index (κ2) is 8.10. The number of ether oxygens (including phenoxy) is 1. The third kappa shape index (κ3) is 5.39. The second-order valence-electron chi connectivity index (χ2n) is 6.00. The van der Waals surface area contributed by atoms with Gasteiger partial charge in [0.25, 0.3) is 0 Å². The fraction of sp³-hybridized carbons (Fsp3) is 1.00. The van der Waals surface area contributed by atoms with E-state index in [1.54, 1.807) is 0 Å². The highest BCUT2D eigenvalue weighted by molar-refractivity contribution is 4.83. The van der Waals surface area contributed by atoms with E-state index < -0.39 is 0 Å². The molecular formula is C15H31NO. The van der Waals surface area contributed by atoms with Crippen LogP contribution in [0.1, 0.15) is 59.3 Å². The first kappa shape index (κ1) is 15.0. The zero-order valence-corrected chi connectivity index (χ0v) is 12.0. The lowest BCUT2D eigenvalue weighted by Gasteiger charge is -2.36. The highest BCUT2D eigenvalue weighted by Gasteiger charge is 2.29. The van der Waals surface area contributed by atoms with Gasteiger partial charge in [-0.1, -0.05) is 27.2 Å². The van der Waals surface area contributed by atoms with Crippen molar-refractivity contribution in [3.8, 4) is 0 Å². The van der Waals surface area contributed by atoms with E-state index in [9.17, 15) is 0 Å². The van der Waals surface area contributed by atoms with Crippen molar-refractivity contribution in [3.63, 3.8) is 0 Å². The molecule has 2 heteroatoms. The van der Waals surface area contributed by atoms with Crippen LogP contribution < -0.4 is 5.73 Å². The van der Waals surface area contributed by atoms with Crippen molar-refractivity contribution >= 4 is 0 Å². The maximum atomic E-state index is 6.23. The molecule has 0 aliphatic heterocycles. The lowest BCUT2D eigenvalue weighted by Crippen LogP contribution is -2.38. The number of hydrogen-bond donors (Lipinski definition) is 1. The zero-order chi connectivity index (χ0) is 12.7. The Balaban J connectivity index is 2.20. The monoisotopic (exact) mass is 241 g/mol. The van der Waals surface area contributed by atoms with E-state index in [0.29, 0.717) is 12.0 Å². The molecule has 0 aromatic rings. The summed E-state index contributed by atoms with van der Waals surface area (Å²) in [5.41, 5.74) is 6.23. The molecular weight excluding hydrogens is 210 g/mol. The van der Waals surface area contributed by atoms with E-state index >= 15 is 0 Å². The largest absolute Gasteiger partial charge is 0.381 e. The van der Waals surface area contributed by atoms with Crippen LogP contribution in [0.3, 0.4) is 0 Å². The Hall–Kier alpha value is -0.0800. The van der Waals surface area contributed by atoms with Gasteiger partial charge in [-0.15, -0.1) is 0 Å². The van der Waals surface area contributed by atoms with Crippen LogP contribution >= 0.6 is 0 Å². The molecule has 17 heavy (non-hydrogen) atoms. The van der Waals surface area contributed by atoms with Gasteiger partial charge in [0.2, 0.25) is 0 Å². The second-order valence-corrected chi connectivity index (χ2v) is 6.00. The first-order valence-electron chi connectivity index (χ1n) is 7.48. The van der Waals surface area contributed by atoms with E-state index in [-0.39, 0.29) is 0 Å². The average Bonchev–Trinajstić information content (AvgIpc) is 2.30. The van der Waals surface area contributed by atoms with Gasteiger partial charge in [0.1, 0.15) is 0 Å². The first-order chi connectivity index (χ1) is 8.15. The summed E-state index contributed by atoms with van der Waals surface area (Å²) in [7, 11) is 0. The fourth-order valence-electron chi connectivity index (χ4n) is 2.84. The molecule has 0 saturated heterocycles. The summed E-state index contributed by atoms with van der Waals surface area (Å²) < 4.78 is 5.67. The molecule has 1 saturated carbocycles. The molecule has 2 nitrogen and oxygen atoms in total. The van der Waals surface area contributed by atoms with E-state index in [2.05, 4.69) is 20.8 Å². The predicted molar refractivity (Wildman–Crippen MR) is 74.0 cm³/mol. The van der Waals surface area contributed by atoms with Crippen LogP contribution in [0, 0.1) is 17.8 Å². The highest BCUT2D eigenvalue weighted by Crippen LogP contribution is 2.34. The van der Waals surface area contributed by atoms with Crippen molar-refractivity contribution in [1.82, 2.24) is 0 Å². The summed E-state index contributed by atoms with van der Waals surface area (Å²) in [5, 5.41) is 0. The minimum absolute atomic E-state index is 0.416. The molecule has 2 N–H and O–H groups in total. The molecule has 0 aromatic carbocycles. The quantitative estimate of drug-likeness (QED) is 0.691. The fourth-order valence-corrected chi connectivity index (χ4v) is 2.84. The third-order valence-corrected chi connectivity index (χ3v) is 4.30. The summed E-state index contributed by atoms with van der Waals surface area (Å²) in [4.78, 5) is 0. The molecule has 0 radical (unpaired) electrons. The number of rotatable bonds is 7. The van der Waals surface area contributed by atoms with E-state index in [1.807, 2.05) is 0 Å². The van der Waals surface area contributed by atoms with Gasteiger partial charge < -0.3 is 10.5 Å². The van der Waals surface area contributed by atoms with Crippen LogP contribution in [0.2, 0.25) is 0 Å². The molecule has 1 fully saturated rings. The van der Waals surface area contributed by atoms with Gasteiger partial charge in [-0.3, -0.25) is 0 Å². The Morgan fingerprint density at radius 2 is 2.00 bits per heavy atom. The van der Waals surface area contributed by atoms with E-state index in [0.717, 1.165) is 31.5 Å². The minimum Gasteiger partial charge on any atom is -0.381 e. The molecule has 0 spiro atoms. The maximum absolute atomic E-state index is 6.23. The van der Waals surface area contributed by atoms with Gasteiger partial charge in [0.05, 0.1) is 0 Å². The lowest BCUT2D eigenvalue weighted by molar-refractivity contribution is 0.0944. The van der Waals surface area contributed by atoms with Gasteiger partial charge >= 0.3 is 0 Å². The average molecular weight is 241 g/mol. The van der Waals surface area contributed by atoms with E-state index in [1.165, 1.54) is 32.1 Å². The van der Waals surface area contributed by atoms with Gasteiger partial charge in [0.15, 0.2) is 0 Å². The maximum Gasteiger partial charge on any atom is 0.0469 e. The lowest BCUT2D eigenvalue weighted by atomic mass is 9.73. The summed E-state index contributed by atoms with van der Waals surface area (Å²) in [6, 6.07) is 0.416. The number of nitrogens with two attached hydrogens (primary N) is 1. The Bertz CT molecular complexity index is 193. The number of unbranched alkanes of at least 4 members (excludes halogenated alkanes) is 1. The van der Waals surface area contributed by atoms with Crippen LogP contribution in [0.5, 0.6) is 0 Å². The molecule has 3 atom stereocenters. The Morgan fingerprint density at radius 3 is 2.65 bits per heavy atom. The summed E-state index contributed by atoms with van der Waals surface area (Å²) in [5.74, 6) is 2.39. The molecule has 102 valence electrons. The minimum atomic E-state index is 0.416. The van der Waals surface area contributed by atoms with Crippen LogP contribution in [0.25, 0.3) is 0 Å². The third-order valence-electron chi connectivity index (χ3n) is 4.30. The van der Waals surface area contributed by atoms with Crippen molar-refractivity contribution in [3.05, 3.63) is 0 Å². The van der Waals surface area contributed by atoms with E-state index in [4.69, 9.17) is 10.5 Å². The number of hydrogen-bond acceptors (Lipinski definition) is 2. The molecule has 1 aliphatic rings. The highest BCUT2D eigenvalue weighted by atomic mass is 16.5. The van der Waals surface area contributed by atoms with Crippen LogP contribution in [0.4, 0.5) is 0 Å². The standard InChI is InChI=1S/C15H31NO/c1-4-5-9-17-10-8-14-11-13(12(2)3)6-7-15(14)16/h12-15H,4-11,16H2,1-3H3. The molecule has 0 amide bonds. The van der Waals surface area contributed by atoms with Gasteiger partial charge in [-0.25, -0.2) is 0 Å².